The fraction of sp³-hybridized carbons (Fsp3) is 1.00. The Morgan fingerprint density at radius 2 is 1.85 bits per heavy atom. The van der Waals surface area contributed by atoms with E-state index < -0.39 is 12.6 Å². The van der Waals surface area contributed by atoms with Crippen molar-refractivity contribution in [1.82, 2.24) is 10.2 Å². The quantitative estimate of drug-likeness (QED) is 0.685. The largest absolute Gasteiger partial charge is 0.389 e. The van der Waals surface area contributed by atoms with Gasteiger partial charge in [0.05, 0.1) is 0 Å². The summed E-state index contributed by atoms with van der Waals surface area (Å²) in [7, 11) is 0. The monoisotopic (exact) mass is 294 g/mol. The minimum Gasteiger partial charge on any atom is -0.314 e. The van der Waals surface area contributed by atoms with Gasteiger partial charge >= 0.3 is 6.18 Å². The second-order valence-electron chi connectivity index (χ2n) is 5.99. The first kappa shape index (κ1) is 17.8. The molecule has 1 fully saturated rings. The lowest BCUT2D eigenvalue weighted by molar-refractivity contribution is -0.135. The molecule has 0 spiro atoms. The van der Waals surface area contributed by atoms with Crippen molar-refractivity contribution in [2.24, 2.45) is 5.92 Å². The topological polar surface area (TPSA) is 15.3 Å². The van der Waals surface area contributed by atoms with Gasteiger partial charge in [-0.1, -0.05) is 6.92 Å². The highest BCUT2D eigenvalue weighted by atomic mass is 19.4. The molecule has 0 aromatic carbocycles. The van der Waals surface area contributed by atoms with E-state index in [2.05, 4.69) is 24.1 Å². The number of halogens is 3. The highest BCUT2D eigenvalue weighted by molar-refractivity contribution is 4.79. The number of likely N-dealkylation sites (tertiary alicyclic amines) is 1. The number of piperidine rings is 1. The Kier molecular flexibility index (Phi) is 7.88. The molecule has 0 radical (unpaired) electrons. The summed E-state index contributed by atoms with van der Waals surface area (Å²) in [4.78, 5) is 2.51. The van der Waals surface area contributed by atoms with Crippen LogP contribution in [-0.2, 0) is 0 Å². The van der Waals surface area contributed by atoms with Crippen LogP contribution in [-0.4, -0.2) is 43.3 Å². The highest BCUT2D eigenvalue weighted by Crippen LogP contribution is 2.23. The van der Waals surface area contributed by atoms with E-state index in [-0.39, 0.29) is 6.42 Å². The van der Waals surface area contributed by atoms with Gasteiger partial charge in [-0.15, -0.1) is 0 Å². The minimum absolute atomic E-state index is 0.234. The Morgan fingerprint density at radius 3 is 2.40 bits per heavy atom. The summed E-state index contributed by atoms with van der Waals surface area (Å²) in [6.07, 6.45) is -0.196. The van der Waals surface area contributed by atoms with Crippen molar-refractivity contribution in [1.29, 1.82) is 0 Å². The number of nitrogens with one attached hydrogen (secondary N) is 1. The third-order valence-corrected chi connectivity index (χ3v) is 4.23. The van der Waals surface area contributed by atoms with E-state index >= 15 is 0 Å². The lowest BCUT2D eigenvalue weighted by Crippen LogP contribution is -2.42. The molecule has 0 bridgehead atoms. The second-order valence-corrected chi connectivity index (χ2v) is 5.99. The average molecular weight is 294 g/mol. The molecule has 1 aliphatic heterocycles. The van der Waals surface area contributed by atoms with E-state index in [9.17, 15) is 13.2 Å². The molecule has 5 heteroatoms. The predicted octanol–water partition coefficient (Wildman–Crippen LogP) is 3.82. The summed E-state index contributed by atoms with van der Waals surface area (Å²) in [5.41, 5.74) is 0. The first-order valence-electron chi connectivity index (χ1n) is 7.95. The van der Waals surface area contributed by atoms with E-state index in [4.69, 9.17) is 0 Å². The van der Waals surface area contributed by atoms with Gasteiger partial charge in [-0.05, 0) is 71.1 Å². The molecule has 1 heterocycles. The molecule has 0 amide bonds. The predicted molar refractivity (Wildman–Crippen MR) is 76.8 cm³/mol. The van der Waals surface area contributed by atoms with Crippen molar-refractivity contribution in [2.75, 3.05) is 26.2 Å². The van der Waals surface area contributed by atoms with Crippen LogP contribution >= 0.6 is 0 Å². The first-order chi connectivity index (χ1) is 9.42. The highest BCUT2D eigenvalue weighted by Gasteiger charge is 2.26. The van der Waals surface area contributed by atoms with Gasteiger partial charge in [0.1, 0.15) is 0 Å². The van der Waals surface area contributed by atoms with Crippen LogP contribution in [0, 0.1) is 5.92 Å². The van der Waals surface area contributed by atoms with Gasteiger partial charge in [-0.3, -0.25) is 0 Å². The molecule has 120 valence electrons. The maximum absolute atomic E-state index is 12.0. The summed E-state index contributed by atoms with van der Waals surface area (Å²) >= 11 is 0. The first-order valence-corrected chi connectivity index (χ1v) is 7.95. The fourth-order valence-corrected chi connectivity index (χ4v) is 2.94. The van der Waals surface area contributed by atoms with Crippen LogP contribution < -0.4 is 5.32 Å². The Balaban J connectivity index is 2.07. The summed E-state index contributed by atoms with van der Waals surface area (Å²) in [5.74, 6) is 0.672. The minimum atomic E-state index is -4.00. The van der Waals surface area contributed by atoms with Crippen molar-refractivity contribution in [3.8, 4) is 0 Å². The third kappa shape index (κ3) is 7.48. The zero-order valence-electron chi connectivity index (χ0n) is 12.8. The molecular formula is C15H29F3N2. The van der Waals surface area contributed by atoms with Crippen LogP contribution in [0.25, 0.3) is 0 Å². The Bertz CT molecular complexity index is 248. The molecular weight excluding hydrogens is 265 g/mol. The zero-order chi connectivity index (χ0) is 15.0. The van der Waals surface area contributed by atoms with Crippen LogP contribution in [0.1, 0.15) is 52.4 Å². The van der Waals surface area contributed by atoms with Crippen molar-refractivity contribution < 1.29 is 13.2 Å². The molecule has 1 N–H and O–H groups in total. The zero-order valence-corrected chi connectivity index (χ0v) is 12.8. The molecule has 1 saturated heterocycles. The molecule has 1 rings (SSSR count). The van der Waals surface area contributed by atoms with E-state index in [1.54, 1.807) is 0 Å². The number of rotatable bonds is 8. The van der Waals surface area contributed by atoms with Gasteiger partial charge in [0.15, 0.2) is 0 Å². The fourth-order valence-electron chi connectivity index (χ4n) is 2.94. The normalized spacial score (nSPS) is 20.2. The van der Waals surface area contributed by atoms with Crippen molar-refractivity contribution in [3.63, 3.8) is 0 Å². The van der Waals surface area contributed by atoms with E-state index in [0.717, 1.165) is 0 Å². The molecule has 0 aromatic heterocycles. The second kappa shape index (κ2) is 8.88. The smallest absolute Gasteiger partial charge is 0.314 e. The van der Waals surface area contributed by atoms with Gasteiger partial charge < -0.3 is 10.2 Å². The average Bonchev–Trinajstić information content (AvgIpc) is 2.38. The summed E-state index contributed by atoms with van der Waals surface area (Å²) in [5, 5.41) is 3.40. The Morgan fingerprint density at radius 1 is 1.20 bits per heavy atom. The summed E-state index contributed by atoms with van der Waals surface area (Å²) in [6.45, 7) is 8.59. The Labute approximate surface area is 121 Å². The van der Waals surface area contributed by atoms with Gasteiger partial charge in [0.2, 0.25) is 0 Å². The van der Waals surface area contributed by atoms with Crippen LogP contribution in [0.15, 0.2) is 0 Å². The van der Waals surface area contributed by atoms with Gasteiger partial charge in [-0.25, -0.2) is 0 Å². The maximum Gasteiger partial charge on any atom is 0.389 e. The Hall–Kier alpha value is -0.290. The van der Waals surface area contributed by atoms with Gasteiger partial charge in [0.25, 0.3) is 0 Å². The van der Waals surface area contributed by atoms with Crippen LogP contribution in [0.3, 0.4) is 0 Å². The molecule has 2 nitrogen and oxygen atoms in total. The lowest BCUT2D eigenvalue weighted by Gasteiger charge is -2.35. The molecule has 1 unspecified atom stereocenters. The number of unbranched alkanes of at least 4 members (excludes halogenated alkanes) is 1. The van der Waals surface area contributed by atoms with Crippen LogP contribution in [0.2, 0.25) is 0 Å². The van der Waals surface area contributed by atoms with Crippen molar-refractivity contribution >= 4 is 0 Å². The molecule has 1 aliphatic rings. The molecule has 0 aliphatic carbocycles. The van der Waals surface area contributed by atoms with E-state index in [1.807, 2.05) is 0 Å². The van der Waals surface area contributed by atoms with E-state index in [0.29, 0.717) is 24.9 Å². The number of hydrogen-bond donors (Lipinski definition) is 1. The summed E-state index contributed by atoms with van der Waals surface area (Å²) in [6, 6.07) is 0.421. The van der Waals surface area contributed by atoms with Crippen molar-refractivity contribution in [3.05, 3.63) is 0 Å². The van der Waals surface area contributed by atoms with Crippen LogP contribution in [0.5, 0.6) is 0 Å². The lowest BCUT2D eigenvalue weighted by atomic mass is 9.90. The SMILES string of the molecule is CCCN1CCC(C(C)NCCCCC(F)(F)F)CC1. The number of hydrogen-bond acceptors (Lipinski definition) is 2. The number of alkyl halides is 3. The summed E-state index contributed by atoms with van der Waals surface area (Å²) < 4.78 is 36.0. The maximum atomic E-state index is 12.0. The van der Waals surface area contributed by atoms with Gasteiger partial charge in [0, 0.05) is 12.5 Å². The molecule has 0 aromatic rings. The molecule has 20 heavy (non-hydrogen) atoms. The standard InChI is InChI=1S/C15H29F3N2/c1-3-10-20-11-6-14(7-12-20)13(2)19-9-5-4-8-15(16,17)18/h13-14,19H,3-12H2,1-2H3. The molecule has 0 saturated carbocycles. The van der Waals surface area contributed by atoms with Crippen molar-refractivity contribution in [2.45, 2.75) is 64.6 Å². The van der Waals surface area contributed by atoms with Gasteiger partial charge in [-0.2, -0.15) is 13.2 Å². The van der Waals surface area contributed by atoms with E-state index in [1.165, 1.54) is 38.9 Å². The number of nitrogens with zero attached hydrogens (tertiary/aromatic N) is 1. The van der Waals surface area contributed by atoms with Crippen LogP contribution in [0.4, 0.5) is 13.2 Å². The third-order valence-electron chi connectivity index (χ3n) is 4.23. The molecule has 1 atom stereocenters.